The normalized spacial score (nSPS) is 12.6. The molecular formula is C59H106O5. The highest BCUT2D eigenvalue weighted by molar-refractivity contribution is 5.70. The Morgan fingerprint density at radius 1 is 0.359 bits per heavy atom. The lowest BCUT2D eigenvalue weighted by atomic mass is 10.0. The van der Waals surface area contributed by atoms with E-state index in [9.17, 15) is 9.59 Å². The number of carbonyl (C=O) groups excluding carboxylic acids is 2. The van der Waals surface area contributed by atoms with Gasteiger partial charge in [-0.05, 0) is 83.5 Å². The zero-order valence-electron chi connectivity index (χ0n) is 42.8. The van der Waals surface area contributed by atoms with Crippen molar-refractivity contribution in [3.8, 4) is 0 Å². The third-order valence-corrected chi connectivity index (χ3v) is 12.0. The summed E-state index contributed by atoms with van der Waals surface area (Å²) in [5.74, 6) is -0.425. The van der Waals surface area contributed by atoms with Crippen LogP contribution in [0.2, 0.25) is 0 Å². The fraction of sp³-hybridized carbons (Fsp3) is 0.797. The third kappa shape index (κ3) is 52.2. The third-order valence-electron chi connectivity index (χ3n) is 12.0. The standard InChI is InChI=1S/C59H106O5/c1-4-7-10-13-16-19-22-25-27-29-30-31-32-35-37-40-43-46-49-52-58(60)63-56-57(64-59(61)53-50-47-44-41-38-34-24-21-18-15-12-9-6-3)55-62-54-51-48-45-42-39-36-33-28-26-23-20-17-14-11-8-5-2/h9,12,16,18-19,21,25,27,34,38,57H,4-8,10-11,13-15,17,20,22-24,26,28-33,35-37,39-56H2,1-3H3/b12-9-,19-16-,21-18-,27-25-,38-34-. The molecule has 5 nitrogen and oxygen atoms in total. The molecule has 0 amide bonds. The molecule has 0 rings (SSSR count). The van der Waals surface area contributed by atoms with E-state index in [0.717, 1.165) is 77.0 Å². The average molecular weight is 895 g/mol. The molecule has 0 aliphatic carbocycles. The summed E-state index contributed by atoms with van der Waals surface area (Å²) in [5, 5.41) is 0. The van der Waals surface area contributed by atoms with Gasteiger partial charge in [-0.15, -0.1) is 0 Å². The van der Waals surface area contributed by atoms with Gasteiger partial charge in [-0.25, -0.2) is 0 Å². The molecule has 0 aliphatic rings. The van der Waals surface area contributed by atoms with E-state index in [1.54, 1.807) is 0 Å². The van der Waals surface area contributed by atoms with Gasteiger partial charge in [0.15, 0.2) is 6.10 Å². The van der Waals surface area contributed by atoms with Gasteiger partial charge in [0, 0.05) is 19.4 Å². The van der Waals surface area contributed by atoms with Gasteiger partial charge in [0.25, 0.3) is 0 Å². The highest BCUT2D eigenvalue weighted by Crippen LogP contribution is 2.15. The van der Waals surface area contributed by atoms with Gasteiger partial charge in [0.1, 0.15) is 6.61 Å². The largest absolute Gasteiger partial charge is 0.462 e. The van der Waals surface area contributed by atoms with E-state index in [1.807, 2.05) is 0 Å². The summed E-state index contributed by atoms with van der Waals surface area (Å²) in [6.07, 6.45) is 69.5. The Morgan fingerprint density at radius 3 is 1.17 bits per heavy atom. The highest BCUT2D eigenvalue weighted by atomic mass is 16.6. The van der Waals surface area contributed by atoms with Crippen LogP contribution in [-0.2, 0) is 23.8 Å². The second kappa shape index (κ2) is 54.9. The summed E-state index contributed by atoms with van der Waals surface area (Å²) < 4.78 is 17.4. The SMILES string of the molecule is CC/C=C\C/C=C\C/C=C\CCCCCC(=O)OC(COCCCCCCCCCCCCCCCCCC)COC(=O)CCCCCCCCCCC/C=C\C/C=C\CCCCC. The van der Waals surface area contributed by atoms with Gasteiger partial charge in [-0.3, -0.25) is 9.59 Å². The van der Waals surface area contributed by atoms with Crippen molar-refractivity contribution in [1.82, 2.24) is 0 Å². The van der Waals surface area contributed by atoms with E-state index >= 15 is 0 Å². The first-order chi connectivity index (χ1) is 31.6. The van der Waals surface area contributed by atoms with Gasteiger partial charge in [0.05, 0.1) is 6.61 Å². The van der Waals surface area contributed by atoms with Gasteiger partial charge in [-0.1, -0.05) is 242 Å². The predicted octanol–water partition coefficient (Wildman–Crippen LogP) is 18.9. The molecule has 1 unspecified atom stereocenters. The number of hydrogen-bond acceptors (Lipinski definition) is 5. The number of hydrogen-bond donors (Lipinski definition) is 0. The molecule has 0 spiro atoms. The molecule has 0 bridgehead atoms. The predicted molar refractivity (Wildman–Crippen MR) is 279 cm³/mol. The molecule has 0 aromatic carbocycles. The molecule has 0 aromatic rings. The maximum atomic E-state index is 12.8. The minimum atomic E-state index is -0.552. The minimum Gasteiger partial charge on any atom is -0.462 e. The summed E-state index contributed by atoms with van der Waals surface area (Å²) >= 11 is 0. The first kappa shape index (κ1) is 61.6. The summed E-state index contributed by atoms with van der Waals surface area (Å²) in [6, 6.07) is 0. The monoisotopic (exact) mass is 895 g/mol. The number of ether oxygens (including phenoxy) is 3. The van der Waals surface area contributed by atoms with Crippen LogP contribution in [-0.4, -0.2) is 37.9 Å². The molecule has 1 atom stereocenters. The highest BCUT2D eigenvalue weighted by Gasteiger charge is 2.17. The van der Waals surface area contributed by atoms with Crippen molar-refractivity contribution in [3.05, 3.63) is 60.8 Å². The van der Waals surface area contributed by atoms with E-state index < -0.39 is 6.10 Å². The molecular weight excluding hydrogens is 789 g/mol. The number of carbonyl (C=O) groups is 2. The lowest BCUT2D eigenvalue weighted by Crippen LogP contribution is -2.30. The number of unbranched alkanes of at least 4 members (excludes halogenated alkanes) is 30. The van der Waals surface area contributed by atoms with E-state index in [0.29, 0.717) is 19.4 Å². The van der Waals surface area contributed by atoms with Crippen molar-refractivity contribution in [2.45, 2.75) is 284 Å². The van der Waals surface area contributed by atoms with Crippen LogP contribution in [0.4, 0.5) is 0 Å². The van der Waals surface area contributed by atoms with E-state index in [2.05, 4.69) is 81.5 Å². The van der Waals surface area contributed by atoms with E-state index in [-0.39, 0.29) is 25.2 Å². The molecule has 0 aliphatic heterocycles. The molecule has 0 radical (unpaired) electrons. The Morgan fingerprint density at radius 2 is 0.703 bits per heavy atom. The van der Waals surface area contributed by atoms with Gasteiger partial charge >= 0.3 is 11.9 Å². The molecule has 0 heterocycles. The van der Waals surface area contributed by atoms with Crippen molar-refractivity contribution in [2.75, 3.05) is 19.8 Å². The summed E-state index contributed by atoms with van der Waals surface area (Å²) in [4.78, 5) is 25.4. The van der Waals surface area contributed by atoms with Crippen LogP contribution in [0.15, 0.2) is 60.8 Å². The van der Waals surface area contributed by atoms with Crippen molar-refractivity contribution in [3.63, 3.8) is 0 Å². The van der Waals surface area contributed by atoms with Crippen LogP contribution in [0.5, 0.6) is 0 Å². The summed E-state index contributed by atoms with van der Waals surface area (Å²) in [5.41, 5.74) is 0. The maximum absolute atomic E-state index is 12.8. The summed E-state index contributed by atoms with van der Waals surface area (Å²) in [6.45, 7) is 7.69. The molecule has 64 heavy (non-hydrogen) atoms. The Balaban J connectivity index is 4.25. The second-order valence-corrected chi connectivity index (χ2v) is 18.5. The van der Waals surface area contributed by atoms with Crippen LogP contribution >= 0.6 is 0 Å². The number of esters is 2. The maximum Gasteiger partial charge on any atom is 0.306 e. The molecule has 5 heteroatoms. The van der Waals surface area contributed by atoms with Crippen molar-refractivity contribution in [1.29, 1.82) is 0 Å². The molecule has 0 saturated heterocycles. The lowest BCUT2D eigenvalue weighted by molar-refractivity contribution is -0.163. The molecule has 0 aromatic heterocycles. The van der Waals surface area contributed by atoms with Crippen molar-refractivity contribution in [2.24, 2.45) is 0 Å². The van der Waals surface area contributed by atoms with Gasteiger partial charge in [0.2, 0.25) is 0 Å². The van der Waals surface area contributed by atoms with Crippen LogP contribution in [0.1, 0.15) is 278 Å². The smallest absolute Gasteiger partial charge is 0.306 e. The Bertz CT molecular complexity index is 1100. The Hall–Kier alpha value is -2.40. The van der Waals surface area contributed by atoms with Crippen LogP contribution < -0.4 is 0 Å². The topological polar surface area (TPSA) is 61.8 Å². The minimum absolute atomic E-state index is 0.0730. The molecule has 0 fully saturated rings. The van der Waals surface area contributed by atoms with E-state index in [1.165, 1.54) is 167 Å². The lowest BCUT2D eigenvalue weighted by Gasteiger charge is -2.18. The zero-order chi connectivity index (χ0) is 46.3. The molecule has 0 saturated carbocycles. The fourth-order valence-electron chi connectivity index (χ4n) is 7.91. The van der Waals surface area contributed by atoms with Crippen molar-refractivity contribution < 1.29 is 23.8 Å². The quantitative estimate of drug-likeness (QED) is 0.0346. The van der Waals surface area contributed by atoms with Gasteiger partial charge in [-0.2, -0.15) is 0 Å². The molecule has 0 N–H and O–H groups in total. The van der Waals surface area contributed by atoms with Gasteiger partial charge < -0.3 is 14.2 Å². The molecule has 372 valence electrons. The van der Waals surface area contributed by atoms with Crippen molar-refractivity contribution >= 4 is 11.9 Å². The van der Waals surface area contributed by atoms with E-state index in [4.69, 9.17) is 14.2 Å². The summed E-state index contributed by atoms with van der Waals surface area (Å²) in [7, 11) is 0. The Labute approximate surface area is 398 Å². The second-order valence-electron chi connectivity index (χ2n) is 18.5. The van der Waals surface area contributed by atoms with Crippen LogP contribution in [0.3, 0.4) is 0 Å². The Kier molecular flexibility index (Phi) is 52.9. The zero-order valence-corrected chi connectivity index (χ0v) is 42.8. The number of allylic oxidation sites excluding steroid dienone is 10. The first-order valence-corrected chi connectivity index (χ1v) is 27.8. The average Bonchev–Trinajstić information content (AvgIpc) is 3.30. The fourth-order valence-corrected chi connectivity index (χ4v) is 7.91. The first-order valence-electron chi connectivity index (χ1n) is 27.8. The van der Waals surface area contributed by atoms with Crippen LogP contribution in [0, 0.1) is 0 Å². The number of rotatable bonds is 51. The van der Waals surface area contributed by atoms with Crippen LogP contribution in [0.25, 0.3) is 0 Å².